The van der Waals surface area contributed by atoms with Gasteiger partial charge in [0.2, 0.25) is 0 Å². The topological polar surface area (TPSA) is 70.8 Å². The molecule has 1 aliphatic carbocycles. The van der Waals surface area contributed by atoms with Gasteiger partial charge in [0.25, 0.3) is 0 Å². The smallest absolute Gasteiger partial charge is 0.306 e. The van der Waals surface area contributed by atoms with Crippen LogP contribution in [0.4, 0.5) is 0 Å². The van der Waals surface area contributed by atoms with E-state index in [4.69, 9.17) is 19.9 Å². The van der Waals surface area contributed by atoms with Crippen LogP contribution in [-0.2, 0) is 19.0 Å². The van der Waals surface area contributed by atoms with Crippen molar-refractivity contribution in [3.8, 4) is 0 Å². The van der Waals surface area contributed by atoms with Gasteiger partial charge < -0.3 is 19.9 Å². The van der Waals surface area contributed by atoms with E-state index >= 15 is 0 Å². The first kappa shape index (κ1) is 14.4. The Balaban J connectivity index is 2.01. The van der Waals surface area contributed by atoms with E-state index < -0.39 is 0 Å². The van der Waals surface area contributed by atoms with Crippen LogP contribution in [0.5, 0.6) is 0 Å². The Bertz CT molecular complexity index is 223. The molecule has 17 heavy (non-hydrogen) atoms. The third-order valence-electron chi connectivity index (χ3n) is 3.29. The van der Waals surface area contributed by atoms with Gasteiger partial charge in [-0.25, -0.2) is 0 Å². The van der Waals surface area contributed by atoms with Gasteiger partial charge in [-0.1, -0.05) is 6.42 Å². The summed E-state index contributed by atoms with van der Waals surface area (Å²) in [6, 6.07) is 0. The number of hydrogen-bond acceptors (Lipinski definition) is 5. The van der Waals surface area contributed by atoms with Crippen LogP contribution in [0.25, 0.3) is 0 Å². The van der Waals surface area contributed by atoms with Crippen LogP contribution in [0, 0.1) is 5.41 Å². The largest absolute Gasteiger partial charge is 0.463 e. The summed E-state index contributed by atoms with van der Waals surface area (Å²) in [5, 5.41) is 0. The molecule has 0 aromatic carbocycles. The number of rotatable bonds is 9. The molecule has 0 atom stereocenters. The van der Waals surface area contributed by atoms with E-state index in [1.54, 1.807) is 7.11 Å². The zero-order valence-corrected chi connectivity index (χ0v) is 10.6. The van der Waals surface area contributed by atoms with Crippen molar-refractivity contribution >= 4 is 5.97 Å². The molecule has 0 unspecified atom stereocenters. The lowest BCUT2D eigenvalue weighted by Crippen LogP contribution is -2.39. The highest BCUT2D eigenvalue weighted by molar-refractivity contribution is 5.70. The van der Waals surface area contributed by atoms with Gasteiger partial charge in [0.05, 0.1) is 26.2 Å². The normalized spacial score (nSPS) is 17.5. The van der Waals surface area contributed by atoms with Crippen molar-refractivity contribution in [1.82, 2.24) is 0 Å². The van der Waals surface area contributed by atoms with E-state index in [2.05, 4.69) is 0 Å². The van der Waals surface area contributed by atoms with E-state index in [1.807, 2.05) is 0 Å². The fourth-order valence-corrected chi connectivity index (χ4v) is 1.95. The van der Waals surface area contributed by atoms with Crippen LogP contribution in [-0.4, -0.2) is 46.1 Å². The van der Waals surface area contributed by atoms with Crippen molar-refractivity contribution in [2.75, 3.05) is 40.1 Å². The van der Waals surface area contributed by atoms with E-state index in [9.17, 15) is 4.79 Å². The molecule has 1 rings (SSSR count). The van der Waals surface area contributed by atoms with E-state index in [0.29, 0.717) is 39.4 Å². The minimum absolute atomic E-state index is 0.0218. The molecule has 0 aromatic rings. The molecule has 5 heteroatoms. The van der Waals surface area contributed by atoms with Crippen LogP contribution < -0.4 is 5.73 Å². The summed E-state index contributed by atoms with van der Waals surface area (Å²) in [7, 11) is 1.62. The maximum absolute atomic E-state index is 11.5. The summed E-state index contributed by atoms with van der Waals surface area (Å²) in [6.45, 7) is 2.39. The van der Waals surface area contributed by atoms with Crippen LogP contribution in [0.3, 0.4) is 0 Å². The van der Waals surface area contributed by atoms with Gasteiger partial charge in [-0.3, -0.25) is 4.79 Å². The molecule has 0 aliphatic heterocycles. The molecule has 1 aliphatic rings. The average molecular weight is 245 g/mol. The zero-order chi connectivity index (χ0) is 12.6. The number of ether oxygens (including phenoxy) is 3. The third-order valence-corrected chi connectivity index (χ3v) is 3.29. The summed E-state index contributed by atoms with van der Waals surface area (Å²) >= 11 is 0. The highest BCUT2D eigenvalue weighted by Crippen LogP contribution is 2.43. The fourth-order valence-electron chi connectivity index (χ4n) is 1.95. The number of carbonyl (C=O) groups excluding carboxylic acids is 1. The number of hydrogen-bond donors (Lipinski definition) is 1. The standard InChI is InChI=1S/C12H23NO4/c1-15-5-6-16-7-8-17-11(14)9-12(10-13)3-2-4-12/h2-10,13H2,1H3. The highest BCUT2D eigenvalue weighted by Gasteiger charge is 2.37. The summed E-state index contributed by atoms with van der Waals surface area (Å²) < 4.78 is 15.1. The molecule has 0 spiro atoms. The van der Waals surface area contributed by atoms with Crippen molar-refractivity contribution in [3.63, 3.8) is 0 Å². The molecule has 0 aromatic heterocycles. The maximum Gasteiger partial charge on any atom is 0.306 e. The van der Waals surface area contributed by atoms with Crippen LogP contribution in [0.1, 0.15) is 25.7 Å². The predicted molar refractivity (Wildman–Crippen MR) is 63.6 cm³/mol. The van der Waals surface area contributed by atoms with E-state index in [1.165, 1.54) is 6.42 Å². The van der Waals surface area contributed by atoms with Gasteiger partial charge in [-0.2, -0.15) is 0 Å². The second kappa shape index (κ2) is 7.63. The Morgan fingerprint density at radius 1 is 1.24 bits per heavy atom. The monoisotopic (exact) mass is 245 g/mol. The minimum Gasteiger partial charge on any atom is -0.463 e. The number of methoxy groups -OCH3 is 1. The molecule has 0 heterocycles. The lowest BCUT2D eigenvalue weighted by atomic mass is 9.67. The summed E-state index contributed by atoms with van der Waals surface area (Å²) in [6.07, 6.45) is 3.71. The molecule has 2 N–H and O–H groups in total. The van der Waals surface area contributed by atoms with Gasteiger partial charge >= 0.3 is 5.97 Å². The molecule has 1 fully saturated rings. The highest BCUT2D eigenvalue weighted by atomic mass is 16.6. The molecule has 0 amide bonds. The first-order valence-corrected chi connectivity index (χ1v) is 6.15. The first-order valence-electron chi connectivity index (χ1n) is 6.15. The second-order valence-corrected chi connectivity index (χ2v) is 4.56. The molecule has 1 saturated carbocycles. The van der Waals surface area contributed by atoms with Crippen molar-refractivity contribution in [1.29, 1.82) is 0 Å². The summed E-state index contributed by atoms with van der Waals surface area (Å²) in [5.41, 5.74) is 5.70. The summed E-state index contributed by atoms with van der Waals surface area (Å²) in [5.74, 6) is -0.162. The molecular formula is C12H23NO4. The van der Waals surface area contributed by atoms with Crippen LogP contribution in [0.2, 0.25) is 0 Å². The predicted octanol–water partition coefficient (Wildman–Crippen LogP) is 0.712. The van der Waals surface area contributed by atoms with Crippen molar-refractivity contribution in [3.05, 3.63) is 0 Å². The van der Waals surface area contributed by atoms with E-state index in [-0.39, 0.29) is 11.4 Å². The molecule has 0 radical (unpaired) electrons. The van der Waals surface area contributed by atoms with Crippen LogP contribution >= 0.6 is 0 Å². The van der Waals surface area contributed by atoms with Gasteiger partial charge in [0, 0.05) is 7.11 Å². The SMILES string of the molecule is COCCOCCOC(=O)CC1(CN)CCC1. The quantitative estimate of drug-likeness (QED) is 0.478. The Morgan fingerprint density at radius 3 is 2.47 bits per heavy atom. The zero-order valence-electron chi connectivity index (χ0n) is 10.6. The first-order chi connectivity index (χ1) is 8.22. The molecule has 0 saturated heterocycles. The molecular weight excluding hydrogens is 222 g/mol. The Morgan fingerprint density at radius 2 is 1.94 bits per heavy atom. The van der Waals surface area contributed by atoms with Crippen LogP contribution in [0.15, 0.2) is 0 Å². The van der Waals surface area contributed by atoms with Gasteiger partial charge in [0.15, 0.2) is 0 Å². The van der Waals surface area contributed by atoms with Crippen molar-refractivity contribution in [2.24, 2.45) is 11.1 Å². The van der Waals surface area contributed by atoms with Crippen molar-refractivity contribution in [2.45, 2.75) is 25.7 Å². The third kappa shape index (κ3) is 5.02. The van der Waals surface area contributed by atoms with E-state index in [0.717, 1.165) is 12.8 Å². The lowest BCUT2D eigenvalue weighted by molar-refractivity contribution is -0.149. The second-order valence-electron chi connectivity index (χ2n) is 4.56. The fraction of sp³-hybridized carbons (Fsp3) is 0.917. The summed E-state index contributed by atoms with van der Waals surface area (Å²) in [4.78, 5) is 11.5. The van der Waals surface area contributed by atoms with Gasteiger partial charge in [-0.15, -0.1) is 0 Å². The Labute approximate surface area is 103 Å². The Hall–Kier alpha value is -0.650. The maximum atomic E-state index is 11.5. The number of nitrogens with two attached hydrogens (primary N) is 1. The van der Waals surface area contributed by atoms with Gasteiger partial charge in [-0.05, 0) is 24.8 Å². The molecule has 100 valence electrons. The number of carbonyl (C=O) groups is 1. The lowest BCUT2D eigenvalue weighted by Gasteiger charge is -2.40. The average Bonchev–Trinajstić information content (AvgIpc) is 2.28. The molecule has 0 bridgehead atoms. The van der Waals surface area contributed by atoms with Gasteiger partial charge in [0.1, 0.15) is 6.61 Å². The minimum atomic E-state index is -0.162. The number of esters is 1. The molecule has 5 nitrogen and oxygen atoms in total. The van der Waals surface area contributed by atoms with Crippen molar-refractivity contribution < 1.29 is 19.0 Å². The Kier molecular flexibility index (Phi) is 6.47.